The van der Waals surface area contributed by atoms with Gasteiger partial charge >= 0.3 is 0 Å². The molecule has 0 saturated carbocycles. The molecule has 2 atom stereocenters. The van der Waals surface area contributed by atoms with Gasteiger partial charge in [0.2, 0.25) is 17.7 Å². The van der Waals surface area contributed by atoms with E-state index in [9.17, 15) is 14.4 Å². The molecule has 5 nitrogen and oxygen atoms in total. The molecule has 0 radical (unpaired) electrons. The van der Waals surface area contributed by atoms with Gasteiger partial charge in [-0.1, -0.05) is 27.7 Å². The van der Waals surface area contributed by atoms with Gasteiger partial charge < -0.3 is 4.90 Å². The minimum absolute atomic E-state index is 0.0137. The Morgan fingerprint density at radius 2 is 2.00 bits per heavy atom. The lowest BCUT2D eigenvalue weighted by Gasteiger charge is -2.35. The predicted octanol–water partition coefficient (Wildman–Crippen LogP) is 0.542. The molecule has 0 spiro atoms. The summed E-state index contributed by atoms with van der Waals surface area (Å²) in [4.78, 5) is 36.5. The SMILES string of the molecule is CCC1C(=O)NC(=O)CN1C(=O)C(C)C(C)C. The van der Waals surface area contributed by atoms with E-state index in [4.69, 9.17) is 0 Å². The summed E-state index contributed by atoms with van der Waals surface area (Å²) < 4.78 is 0. The standard InChI is InChI=1S/C12H20N2O3/c1-5-9-11(16)13-10(15)6-14(9)12(17)8(4)7(2)3/h7-9H,5-6H2,1-4H3,(H,13,15,16). The van der Waals surface area contributed by atoms with E-state index in [-0.39, 0.29) is 30.2 Å². The van der Waals surface area contributed by atoms with Gasteiger partial charge in [0.25, 0.3) is 0 Å². The second-order valence-corrected chi connectivity index (χ2v) is 4.84. The molecule has 1 heterocycles. The highest BCUT2D eigenvalue weighted by Crippen LogP contribution is 2.18. The van der Waals surface area contributed by atoms with Gasteiger partial charge in [-0.05, 0) is 12.3 Å². The number of hydrogen-bond donors (Lipinski definition) is 1. The normalized spacial score (nSPS) is 22.6. The molecule has 1 aliphatic rings. The minimum Gasteiger partial charge on any atom is -0.321 e. The molecule has 3 amide bonds. The van der Waals surface area contributed by atoms with Crippen molar-refractivity contribution in [3.8, 4) is 0 Å². The van der Waals surface area contributed by atoms with Crippen LogP contribution in [0.5, 0.6) is 0 Å². The molecule has 0 aliphatic carbocycles. The number of carbonyl (C=O) groups excluding carboxylic acids is 3. The van der Waals surface area contributed by atoms with Crippen LogP contribution in [0.2, 0.25) is 0 Å². The molecule has 96 valence electrons. The van der Waals surface area contributed by atoms with Gasteiger partial charge in [-0.15, -0.1) is 0 Å². The fraction of sp³-hybridized carbons (Fsp3) is 0.750. The van der Waals surface area contributed by atoms with Crippen molar-refractivity contribution in [1.82, 2.24) is 10.2 Å². The molecule has 0 aromatic heterocycles. The molecule has 0 aromatic rings. The highest BCUT2D eigenvalue weighted by atomic mass is 16.2. The topological polar surface area (TPSA) is 66.5 Å². The highest BCUT2D eigenvalue weighted by molar-refractivity contribution is 6.04. The lowest BCUT2D eigenvalue weighted by molar-refractivity contribution is -0.152. The maximum absolute atomic E-state index is 12.2. The second kappa shape index (κ2) is 5.29. The zero-order valence-corrected chi connectivity index (χ0v) is 10.8. The largest absolute Gasteiger partial charge is 0.321 e. The van der Waals surface area contributed by atoms with Crippen molar-refractivity contribution in [2.24, 2.45) is 11.8 Å². The zero-order chi connectivity index (χ0) is 13.2. The van der Waals surface area contributed by atoms with Crippen LogP contribution in [0.4, 0.5) is 0 Å². The first kappa shape index (κ1) is 13.7. The van der Waals surface area contributed by atoms with Crippen molar-refractivity contribution in [2.45, 2.75) is 40.2 Å². The summed E-state index contributed by atoms with van der Waals surface area (Å²) in [5.41, 5.74) is 0. The Balaban J connectivity index is 2.88. The van der Waals surface area contributed by atoms with E-state index in [1.54, 1.807) is 0 Å². The average molecular weight is 240 g/mol. The third-order valence-corrected chi connectivity index (χ3v) is 3.31. The van der Waals surface area contributed by atoms with Crippen molar-refractivity contribution in [3.63, 3.8) is 0 Å². The smallest absolute Gasteiger partial charge is 0.249 e. The van der Waals surface area contributed by atoms with Crippen LogP contribution < -0.4 is 5.32 Å². The third-order valence-electron chi connectivity index (χ3n) is 3.31. The molecule has 5 heteroatoms. The second-order valence-electron chi connectivity index (χ2n) is 4.84. The van der Waals surface area contributed by atoms with Crippen LogP contribution >= 0.6 is 0 Å². The number of amides is 3. The summed E-state index contributed by atoms with van der Waals surface area (Å²) >= 11 is 0. The first-order chi connectivity index (χ1) is 7.88. The van der Waals surface area contributed by atoms with Gasteiger partial charge in [0.1, 0.15) is 12.6 Å². The number of rotatable bonds is 3. The first-order valence-electron chi connectivity index (χ1n) is 6.02. The van der Waals surface area contributed by atoms with E-state index in [1.165, 1.54) is 4.90 Å². The van der Waals surface area contributed by atoms with Crippen LogP contribution in [0.15, 0.2) is 0 Å². The highest BCUT2D eigenvalue weighted by Gasteiger charge is 2.37. The predicted molar refractivity (Wildman–Crippen MR) is 62.9 cm³/mol. The number of piperazine rings is 1. The third kappa shape index (κ3) is 2.84. The van der Waals surface area contributed by atoms with Gasteiger partial charge in [-0.25, -0.2) is 0 Å². The van der Waals surface area contributed by atoms with Crippen molar-refractivity contribution >= 4 is 17.7 Å². The zero-order valence-electron chi connectivity index (χ0n) is 10.8. The van der Waals surface area contributed by atoms with Crippen molar-refractivity contribution < 1.29 is 14.4 Å². The van der Waals surface area contributed by atoms with E-state index in [2.05, 4.69) is 5.32 Å². The van der Waals surface area contributed by atoms with E-state index in [0.29, 0.717) is 6.42 Å². The molecule has 0 aromatic carbocycles. The molecule has 2 unspecified atom stereocenters. The van der Waals surface area contributed by atoms with Crippen LogP contribution in [0.25, 0.3) is 0 Å². The number of nitrogens with zero attached hydrogens (tertiary/aromatic N) is 1. The maximum Gasteiger partial charge on any atom is 0.249 e. The van der Waals surface area contributed by atoms with Gasteiger partial charge in [0.05, 0.1) is 0 Å². The Kier molecular flexibility index (Phi) is 4.26. The van der Waals surface area contributed by atoms with Crippen molar-refractivity contribution in [3.05, 3.63) is 0 Å². The lowest BCUT2D eigenvalue weighted by atomic mass is 9.95. The number of carbonyl (C=O) groups is 3. The summed E-state index contributed by atoms with van der Waals surface area (Å²) in [5.74, 6) is -0.866. The van der Waals surface area contributed by atoms with Gasteiger partial charge in [-0.2, -0.15) is 0 Å². The van der Waals surface area contributed by atoms with E-state index >= 15 is 0 Å². The molecular formula is C12H20N2O3. The molecule has 1 aliphatic heterocycles. The number of nitrogens with one attached hydrogen (secondary N) is 1. The molecule has 1 rings (SSSR count). The van der Waals surface area contributed by atoms with Crippen molar-refractivity contribution in [1.29, 1.82) is 0 Å². The fourth-order valence-corrected chi connectivity index (χ4v) is 1.85. The Morgan fingerprint density at radius 3 is 2.47 bits per heavy atom. The van der Waals surface area contributed by atoms with Crippen LogP contribution in [-0.2, 0) is 14.4 Å². The Morgan fingerprint density at radius 1 is 1.41 bits per heavy atom. The van der Waals surface area contributed by atoms with E-state index in [1.807, 2.05) is 27.7 Å². The number of hydrogen-bond acceptors (Lipinski definition) is 3. The summed E-state index contributed by atoms with van der Waals surface area (Å²) in [6.45, 7) is 7.56. The monoisotopic (exact) mass is 240 g/mol. The summed E-state index contributed by atoms with van der Waals surface area (Å²) in [6.07, 6.45) is 0.523. The van der Waals surface area contributed by atoms with Gasteiger partial charge in [0.15, 0.2) is 0 Å². The quantitative estimate of drug-likeness (QED) is 0.732. The van der Waals surface area contributed by atoms with Crippen LogP contribution in [0.1, 0.15) is 34.1 Å². The summed E-state index contributed by atoms with van der Waals surface area (Å²) in [7, 11) is 0. The van der Waals surface area contributed by atoms with Crippen molar-refractivity contribution in [2.75, 3.05) is 6.54 Å². The molecule has 1 saturated heterocycles. The lowest BCUT2D eigenvalue weighted by Crippen LogP contribution is -2.60. The maximum atomic E-state index is 12.2. The molecule has 17 heavy (non-hydrogen) atoms. The molecule has 0 bridgehead atoms. The Hall–Kier alpha value is -1.39. The Bertz CT molecular complexity index is 339. The molecule has 1 N–H and O–H groups in total. The fourth-order valence-electron chi connectivity index (χ4n) is 1.85. The first-order valence-corrected chi connectivity index (χ1v) is 6.02. The van der Waals surface area contributed by atoms with Gasteiger partial charge in [-0.3, -0.25) is 19.7 Å². The number of imide groups is 1. The molecule has 1 fully saturated rings. The minimum atomic E-state index is -0.513. The van der Waals surface area contributed by atoms with Gasteiger partial charge in [0, 0.05) is 5.92 Å². The van der Waals surface area contributed by atoms with E-state index in [0.717, 1.165) is 0 Å². The summed E-state index contributed by atoms with van der Waals surface area (Å²) in [6, 6.07) is -0.513. The van der Waals surface area contributed by atoms with Crippen LogP contribution in [0, 0.1) is 11.8 Å². The Labute approximate surface area is 102 Å². The molecular weight excluding hydrogens is 220 g/mol. The average Bonchev–Trinajstić information content (AvgIpc) is 2.25. The van der Waals surface area contributed by atoms with Crippen LogP contribution in [-0.4, -0.2) is 35.2 Å². The van der Waals surface area contributed by atoms with E-state index < -0.39 is 11.9 Å². The summed E-state index contributed by atoms with van der Waals surface area (Å²) in [5, 5.41) is 2.26. The van der Waals surface area contributed by atoms with Crippen LogP contribution in [0.3, 0.4) is 0 Å².